The zero-order chi connectivity index (χ0) is 18.8. The van der Waals surface area contributed by atoms with Crippen LogP contribution in [-0.2, 0) is 11.3 Å². The van der Waals surface area contributed by atoms with E-state index in [4.69, 9.17) is 11.6 Å². The summed E-state index contributed by atoms with van der Waals surface area (Å²) in [6.45, 7) is 0.402. The first-order chi connectivity index (χ1) is 13.1. The van der Waals surface area contributed by atoms with Gasteiger partial charge in [-0.3, -0.25) is 4.79 Å². The highest BCUT2D eigenvalue weighted by Crippen LogP contribution is 2.27. The summed E-state index contributed by atoms with van der Waals surface area (Å²) in [4.78, 5) is 15.8. The zero-order valence-corrected chi connectivity index (χ0v) is 15.3. The summed E-state index contributed by atoms with van der Waals surface area (Å²) in [6, 6.07) is 12.1. The number of halogens is 2. The minimum atomic E-state index is -0.271. The summed E-state index contributed by atoms with van der Waals surface area (Å²) < 4.78 is 13.5. The molecule has 136 valence electrons. The molecule has 3 aromatic rings. The van der Waals surface area contributed by atoms with E-state index in [-0.39, 0.29) is 11.7 Å². The third-order valence-electron chi connectivity index (χ3n) is 4.73. The number of carbonyl (C=O) groups is 1. The van der Waals surface area contributed by atoms with Crippen molar-refractivity contribution in [3.63, 3.8) is 0 Å². The largest absolute Gasteiger partial charge is 0.361 e. The summed E-state index contributed by atoms with van der Waals surface area (Å²) in [5, 5.41) is 4.62. The molecule has 0 aliphatic heterocycles. The maximum absolute atomic E-state index is 13.5. The molecule has 0 atom stereocenters. The predicted octanol–water partition coefficient (Wildman–Crippen LogP) is 5.38. The summed E-state index contributed by atoms with van der Waals surface area (Å²) in [6.07, 6.45) is 7.20. The van der Waals surface area contributed by atoms with Crippen molar-refractivity contribution < 1.29 is 9.18 Å². The van der Waals surface area contributed by atoms with E-state index in [1.165, 1.54) is 12.1 Å². The Hall–Kier alpha value is -2.85. The molecule has 0 saturated heterocycles. The molecule has 2 N–H and O–H groups in total. The van der Waals surface area contributed by atoms with Crippen molar-refractivity contribution in [3.8, 4) is 0 Å². The van der Waals surface area contributed by atoms with Gasteiger partial charge in [-0.25, -0.2) is 4.39 Å². The number of aromatic nitrogens is 1. The van der Waals surface area contributed by atoms with Crippen LogP contribution in [0.4, 0.5) is 4.39 Å². The molecule has 2 aromatic carbocycles. The van der Waals surface area contributed by atoms with Gasteiger partial charge in [0.15, 0.2) is 0 Å². The molecule has 0 fully saturated rings. The van der Waals surface area contributed by atoms with Gasteiger partial charge in [-0.15, -0.1) is 0 Å². The highest BCUT2D eigenvalue weighted by Gasteiger charge is 2.14. The Bertz CT molecular complexity index is 1080. The molecule has 3 nitrogen and oxygen atoms in total. The molecule has 4 rings (SSSR count). The molecule has 0 unspecified atom stereocenters. The normalized spacial score (nSPS) is 14.0. The van der Waals surface area contributed by atoms with Crippen LogP contribution in [0.15, 0.2) is 66.4 Å². The highest BCUT2D eigenvalue weighted by molar-refractivity contribution is 6.31. The van der Waals surface area contributed by atoms with Gasteiger partial charge >= 0.3 is 0 Å². The lowest BCUT2D eigenvalue weighted by Gasteiger charge is -2.14. The second kappa shape index (κ2) is 7.41. The van der Waals surface area contributed by atoms with Crippen LogP contribution in [0.1, 0.15) is 24.0 Å². The Labute approximate surface area is 161 Å². The number of aromatic amines is 1. The molecule has 0 bridgehead atoms. The molecule has 0 saturated carbocycles. The third kappa shape index (κ3) is 3.81. The molecule has 1 amide bonds. The van der Waals surface area contributed by atoms with Gasteiger partial charge < -0.3 is 10.3 Å². The van der Waals surface area contributed by atoms with E-state index in [0.717, 1.165) is 40.4 Å². The fourth-order valence-electron chi connectivity index (χ4n) is 3.35. The van der Waals surface area contributed by atoms with Crippen molar-refractivity contribution in [1.82, 2.24) is 10.3 Å². The molecule has 0 spiro atoms. The molecule has 1 aliphatic carbocycles. The predicted molar refractivity (Wildman–Crippen MR) is 107 cm³/mol. The number of allylic oxidation sites excluding steroid dienone is 2. The number of hydrogen-bond acceptors (Lipinski definition) is 1. The second-order valence-electron chi connectivity index (χ2n) is 6.56. The van der Waals surface area contributed by atoms with Gasteiger partial charge in [-0.05, 0) is 65.9 Å². The van der Waals surface area contributed by atoms with Gasteiger partial charge in [0.2, 0.25) is 0 Å². The van der Waals surface area contributed by atoms with Gasteiger partial charge in [0.1, 0.15) is 5.82 Å². The monoisotopic (exact) mass is 380 g/mol. The van der Waals surface area contributed by atoms with Crippen LogP contribution in [0, 0.1) is 5.82 Å². The van der Waals surface area contributed by atoms with E-state index < -0.39 is 0 Å². The quantitative estimate of drug-likeness (QED) is 0.627. The molecule has 5 heteroatoms. The lowest BCUT2D eigenvalue weighted by Crippen LogP contribution is -2.24. The Balaban J connectivity index is 1.49. The molecular weight excluding hydrogens is 363 g/mol. The molecule has 1 aromatic heterocycles. The standard InChI is InChI=1S/C22H18ClFN2O/c23-18-7-8-21-20(11-18)17(12-25-21)13-26-22(27)16-5-1-3-14(9-16)15-4-2-6-19(24)10-15/h2,4-12,25H,1,3,13H2,(H,26,27). The SMILES string of the molecule is O=C(NCc1c[nH]c2ccc(Cl)cc12)C1=CCCC(c2cccc(F)c2)=C1. The summed E-state index contributed by atoms with van der Waals surface area (Å²) in [7, 11) is 0. The zero-order valence-electron chi connectivity index (χ0n) is 14.6. The molecular formula is C22H18ClFN2O. The van der Waals surface area contributed by atoms with Crippen molar-refractivity contribution in [1.29, 1.82) is 0 Å². The highest BCUT2D eigenvalue weighted by atomic mass is 35.5. The molecule has 1 heterocycles. The van der Waals surface area contributed by atoms with Gasteiger partial charge in [0.25, 0.3) is 5.91 Å². The fourth-order valence-corrected chi connectivity index (χ4v) is 3.52. The number of hydrogen-bond donors (Lipinski definition) is 2. The van der Waals surface area contributed by atoms with Crippen LogP contribution in [0.5, 0.6) is 0 Å². The molecule has 1 aliphatic rings. The fraction of sp³-hybridized carbons (Fsp3) is 0.136. The number of H-pyrrole nitrogens is 1. The van der Waals surface area contributed by atoms with Crippen LogP contribution in [0.25, 0.3) is 16.5 Å². The minimum absolute atomic E-state index is 0.139. The van der Waals surface area contributed by atoms with E-state index in [2.05, 4.69) is 10.3 Å². The molecule has 0 radical (unpaired) electrons. The van der Waals surface area contributed by atoms with E-state index in [0.29, 0.717) is 17.1 Å². The number of carbonyl (C=O) groups excluding carboxylic acids is 1. The number of nitrogens with one attached hydrogen (secondary N) is 2. The minimum Gasteiger partial charge on any atom is -0.361 e. The Morgan fingerprint density at radius 2 is 2.11 bits per heavy atom. The number of benzene rings is 2. The average molecular weight is 381 g/mol. The third-order valence-corrected chi connectivity index (χ3v) is 4.97. The summed E-state index contributed by atoms with van der Waals surface area (Å²) in [5.41, 5.74) is 4.36. The van der Waals surface area contributed by atoms with Crippen molar-refractivity contribution in [2.24, 2.45) is 0 Å². The average Bonchev–Trinajstić information content (AvgIpc) is 3.08. The van der Waals surface area contributed by atoms with E-state index in [1.807, 2.05) is 42.6 Å². The first-order valence-electron chi connectivity index (χ1n) is 8.80. The lowest BCUT2D eigenvalue weighted by atomic mass is 9.93. The van der Waals surface area contributed by atoms with E-state index >= 15 is 0 Å². The topological polar surface area (TPSA) is 44.9 Å². The van der Waals surface area contributed by atoms with E-state index in [1.54, 1.807) is 6.07 Å². The van der Waals surface area contributed by atoms with Gasteiger partial charge in [0, 0.05) is 34.2 Å². The van der Waals surface area contributed by atoms with E-state index in [9.17, 15) is 9.18 Å². The Morgan fingerprint density at radius 1 is 1.22 bits per heavy atom. The number of rotatable bonds is 4. The van der Waals surface area contributed by atoms with Crippen molar-refractivity contribution >= 4 is 34.0 Å². The summed E-state index contributed by atoms with van der Waals surface area (Å²) >= 11 is 6.07. The summed E-state index contributed by atoms with van der Waals surface area (Å²) in [5.74, 6) is -0.410. The van der Waals surface area contributed by atoms with Crippen LogP contribution in [0.3, 0.4) is 0 Å². The van der Waals surface area contributed by atoms with Crippen LogP contribution < -0.4 is 5.32 Å². The Kier molecular flexibility index (Phi) is 4.82. The number of amides is 1. The maximum atomic E-state index is 13.5. The van der Waals surface area contributed by atoms with Gasteiger partial charge in [-0.2, -0.15) is 0 Å². The Morgan fingerprint density at radius 3 is 2.96 bits per heavy atom. The second-order valence-corrected chi connectivity index (χ2v) is 7.00. The first kappa shape index (κ1) is 17.6. The number of fused-ring (bicyclic) bond motifs is 1. The maximum Gasteiger partial charge on any atom is 0.251 e. The first-order valence-corrected chi connectivity index (χ1v) is 9.18. The van der Waals surface area contributed by atoms with Crippen LogP contribution >= 0.6 is 11.6 Å². The van der Waals surface area contributed by atoms with Gasteiger partial charge in [0.05, 0.1) is 0 Å². The smallest absolute Gasteiger partial charge is 0.251 e. The van der Waals surface area contributed by atoms with Crippen LogP contribution in [-0.4, -0.2) is 10.9 Å². The van der Waals surface area contributed by atoms with Crippen molar-refractivity contribution in [2.45, 2.75) is 19.4 Å². The lowest BCUT2D eigenvalue weighted by molar-refractivity contribution is -0.117. The van der Waals surface area contributed by atoms with Crippen molar-refractivity contribution in [2.75, 3.05) is 0 Å². The van der Waals surface area contributed by atoms with Crippen molar-refractivity contribution in [3.05, 3.63) is 88.4 Å². The van der Waals surface area contributed by atoms with Gasteiger partial charge in [-0.1, -0.05) is 29.8 Å². The molecule has 27 heavy (non-hydrogen) atoms. The van der Waals surface area contributed by atoms with Crippen LogP contribution in [0.2, 0.25) is 5.02 Å².